The van der Waals surface area contributed by atoms with Crippen LogP contribution in [0.15, 0.2) is 6.07 Å². The summed E-state index contributed by atoms with van der Waals surface area (Å²) in [6.07, 6.45) is -0.259. The molecule has 0 aliphatic heterocycles. The Kier molecular flexibility index (Phi) is 4.56. The molecule has 0 radical (unpaired) electrons. The molecule has 3 nitrogen and oxygen atoms in total. The highest BCUT2D eigenvalue weighted by Crippen LogP contribution is 2.12. The van der Waals surface area contributed by atoms with Crippen LogP contribution in [0.2, 0.25) is 0 Å². The zero-order valence-corrected chi connectivity index (χ0v) is 11.0. The molecule has 0 amide bonds. The normalized spacial score (nSPS) is 13.4. The molecule has 0 bridgehead atoms. The van der Waals surface area contributed by atoms with Crippen LogP contribution < -0.4 is 5.32 Å². The molecule has 1 aromatic heterocycles. The van der Waals surface area contributed by atoms with Gasteiger partial charge in [0.15, 0.2) is 0 Å². The van der Waals surface area contributed by atoms with E-state index in [-0.39, 0.29) is 6.10 Å². The number of rotatable bonds is 5. The second-order valence-corrected chi connectivity index (χ2v) is 4.90. The van der Waals surface area contributed by atoms with E-state index in [2.05, 4.69) is 36.8 Å². The highest BCUT2D eigenvalue weighted by atomic mass is 16.3. The largest absolute Gasteiger partial charge is 0.392 e. The second kappa shape index (κ2) is 5.51. The first kappa shape index (κ1) is 13.3. The van der Waals surface area contributed by atoms with Gasteiger partial charge in [-0.15, -0.1) is 0 Å². The average Bonchev–Trinajstić information content (AvgIpc) is 2.46. The van der Waals surface area contributed by atoms with Crippen molar-refractivity contribution in [3.8, 4) is 0 Å². The highest BCUT2D eigenvalue weighted by molar-refractivity contribution is 5.26. The maximum atomic E-state index is 9.67. The number of aryl methyl sites for hydroxylation is 1. The molecule has 1 rings (SSSR count). The van der Waals surface area contributed by atoms with Crippen LogP contribution in [0.3, 0.4) is 0 Å². The predicted molar refractivity (Wildman–Crippen MR) is 67.4 cm³/mol. The molecule has 1 aromatic rings. The Bertz CT molecular complexity index is 342. The zero-order chi connectivity index (χ0) is 12.3. The minimum atomic E-state index is -0.259. The van der Waals surface area contributed by atoms with E-state index in [0.717, 1.165) is 6.54 Å². The van der Waals surface area contributed by atoms with Gasteiger partial charge in [-0.25, -0.2) is 0 Å². The average molecular weight is 224 g/mol. The van der Waals surface area contributed by atoms with Crippen molar-refractivity contribution in [1.82, 2.24) is 9.88 Å². The van der Waals surface area contributed by atoms with Gasteiger partial charge in [0.1, 0.15) is 0 Å². The van der Waals surface area contributed by atoms with E-state index in [1.807, 2.05) is 13.8 Å². The van der Waals surface area contributed by atoms with Crippen LogP contribution in [0.1, 0.15) is 30.8 Å². The van der Waals surface area contributed by atoms with Crippen LogP contribution in [-0.4, -0.2) is 22.3 Å². The van der Waals surface area contributed by atoms with Crippen LogP contribution in [0, 0.1) is 19.8 Å². The molecule has 1 heterocycles. The van der Waals surface area contributed by atoms with E-state index in [0.29, 0.717) is 12.5 Å². The molecule has 0 saturated heterocycles. The summed E-state index contributed by atoms with van der Waals surface area (Å²) in [5, 5.41) is 13.0. The third kappa shape index (κ3) is 3.09. The summed E-state index contributed by atoms with van der Waals surface area (Å²) < 4.78 is 2.19. The first-order chi connectivity index (χ1) is 7.43. The van der Waals surface area contributed by atoms with Gasteiger partial charge < -0.3 is 15.0 Å². The van der Waals surface area contributed by atoms with Crippen LogP contribution in [-0.2, 0) is 13.6 Å². The van der Waals surface area contributed by atoms with Crippen molar-refractivity contribution in [2.45, 2.75) is 40.3 Å². The van der Waals surface area contributed by atoms with Gasteiger partial charge >= 0.3 is 0 Å². The van der Waals surface area contributed by atoms with Crippen molar-refractivity contribution < 1.29 is 5.11 Å². The third-order valence-electron chi connectivity index (χ3n) is 3.32. The van der Waals surface area contributed by atoms with Crippen molar-refractivity contribution in [2.75, 3.05) is 6.54 Å². The van der Waals surface area contributed by atoms with Crippen LogP contribution in [0.5, 0.6) is 0 Å². The lowest BCUT2D eigenvalue weighted by molar-refractivity contribution is 0.123. The molecule has 0 aliphatic carbocycles. The Hall–Kier alpha value is -0.800. The van der Waals surface area contributed by atoms with E-state index in [9.17, 15) is 5.11 Å². The van der Waals surface area contributed by atoms with Crippen molar-refractivity contribution in [3.63, 3.8) is 0 Å². The quantitative estimate of drug-likeness (QED) is 0.799. The van der Waals surface area contributed by atoms with Crippen LogP contribution in [0.4, 0.5) is 0 Å². The molecule has 92 valence electrons. The smallest absolute Gasteiger partial charge is 0.0687 e. The summed E-state index contributed by atoms with van der Waals surface area (Å²) in [5.41, 5.74) is 3.89. The van der Waals surface area contributed by atoms with E-state index in [1.54, 1.807) is 0 Å². The Morgan fingerprint density at radius 2 is 2.00 bits per heavy atom. The number of hydrogen-bond donors (Lipinski definition) is 2. The second-order valence-electron chi connectivity index (χ2n) is 4.90. The molecule has 0 fully saturated rings. The lowest BCUT2D eigenvalue weighted by Gasteiger charge is -2.15. The molecule has 2 N–H and O–H groups in total. The summed E-state index contributed by atoms with van der Waals surface area (Å²) in [4.78, 5) is 0. The van der Waals surface area contributed by atoms with E-state index in [4.69, 9.17) is 0 Å². The molecule has 0 spiro atoms. The SMILES string of the molecule is Cc1cc(CNCC(O)C(C)C)c(C)n1C. The van der Waals surface area contributed by atoms with Gasteiger partial charge in [-0.3, -0.25) is 0 Å². The number of aliphatic hydroxyl groups excluding tert-OH is 1. The van der Waals surface area contributed by atoms with Gasteiger partial charge in [0.25, 0.3) is 0 Å². The summed E-state index contributed by atoms with van der Waals surface area (Å²) >= 11 is 0. The molecule has 1 atom stereocenters. The van der Waals surface area contributed by atoms with E-state index < -0.39 is 0 Å². The lowest BCUT2D eigenvalue weighted by atomic mass is 10.1. The standard InChI is InChI=1S/C13H24N2O/c1-9(2)13(16)8-14-7-12-6-10(3)15(5)11(12)4/h6,9,13-14,16H,7-8H2,1-5H3. The predicted octanol–water partition coefficient (Wildman–Crippen LogP) is 1.75. The molecule has 1 unspecified atom stereocenters. The molecule has 0 aromatic carbocycles. The van der Waals surface area contributed by atoms with Crippen LogP contribution >= 0.6 is 0 Å². The number of nitrogens with one attached hydrogen (secondary N) is 1. The highest BCUT2D eigenvalue weighted by Gasteiger charge is 2.09. The van der Waals surface area contributed by atoms with E-state index >= 15 is 0 Å². The van der Waals surface area contributed by atoms with Gasteiger partial charge in [-0.2, -0.15) is 0 Å². The summed E-state index contributed by atoms with van der Waals surface area (Å²) in [7, 11) is 2.08. The van der Waals surface area contributed by atoms with Gasteiger partial charge in [0, 0.05) is 31.5 Å². The Labute approximate surface area is 98.5 Å². The minimum absolute atomic E-state index is 0.259. The van der Waals surface area contributed by atoms with Crippen molar-refractivity contribution >= 4 is 0 Å². The summed E-state index contributed by atoms with van der Waals surface area (Å²) in [6, 6.07) is 2.20. The van der Waals surface area contributed by atoms with Crippen molar-refractivity contribution in [2.24, 2.45) is 13.0 Å². The Morgan fingerprint density at radius 3 is 2.44 bits per heavy atom. The number of hydrogen-bond acceptors (Lipinski definition) is 2. The topological polar surface area (TPSA) is 37.2 Å². The maximum Gasteiger partial charge on any atom is 0.0687 e. The zero-order valence-electron chi connectivity index (χ0n) is 11.0. The van der Waals surface area contributed by atoms with E-state index in [1.165, 1.54) is 17.0 Å². The molecule has 16 heavy (non-hydrogen) atoms. The molecule has 0 aliphatic rings. The Morgan fingerprint density at radius 1 is 1.38 bits per heavy atom. The number of aliphatic hydroxyl groups is 1. The van der Waals surface area contributed by atoms with Crippen LogP contribution in [0.25, 0.3) is 0 Å². The van der Waals surface area contributed by atoms with Gasteiger partial charge in [-0.05, 0) is 31.4 Å². The molecular formula is C13H24N2O. The molecule has 0 saturated carbocycles. The van der Waals surface area contributed by atoms with Gasteiger partial charge in [0.05, 0.1) is 6.10 Å². The fourth-order valence-electron chi connectivity index (χ4n) is 1.70. The lowest BCUT2D eigenvalue weighted by Crippen LogP contribution is -2.30. The first-order valence-electron chi connectivity index (χ1n) is 5.94. The summed E-state index contributed by atoms with van der Waals surface area (Å²) in [5.74, 6) is 0.311. The molecular weight excluding hydrogens is 200 g/mol. The fraction of sp³-hybridized carbons (Fsp3) is 0.692. The third-order valence-corrected chi connectivity index (χ3v) is 3.32. The monoisotopic (exact) mass is 224 g/mol. The molecule has 3 heteroatoms. The maximum absolute atomic E-state index is 9.67. The van der Waals surface area contributed by atoms with Gasteiger partial charge in [-0.1, -0.05) is 13.8 Å². The van der Waals surface area contributed by atoms with Crippen molar-refractivity contribution in [3.05, 3.63) is 23.0 Å². The number of aromatic nitrogens is 1. The fourth-order valence-corrected chi connectivity index (χ4v) is 1.70. The van der Waals surface area contributed by atoms with Gasteiger partial charge in [0.2, 0.25) is 0 Å². The first-order valence-corrected chi connectivity index (χ1v) is 5.94. The Balaban J connectivity index is 2.46. The minimum Gasteiger partial charge on any atom is -0.392 e. The van der Waals surface area contributed by atoms with Crippen molar-refractivity contribution in [1.29, 1.82) is 0 Å². The summed E-state index contributed by atoms with van der Waals surface area (Å²) in [6.45, 7) is 9.79. The number of nitrogens with zero attached hydrogens (tertiary/aromatic N) is 1.